The Labute approximate surface area is 136 Å². The summed E-state index contributed by atoms with van der Waals surface area (Å²) >= 11 is 1.61. The van der Waals surface area contributed by atoms with Gasteiger partial charge in [-0.05, 0) is 27.0 Å². The maximum Gasteiger partial charge on any atom is 0.410 e. The molecule has 1 saturated heterocycles. The van der Waals surface area contributed by atoms with E-state index in [0.29, 0.717) is 13.1 Å². The first-order valence-electron chi connectivity index (χ1n) is 7.43. The molecule has 0 saturated carbocycles. The summed E-state index contributed by atoms with van der Waals surface area (Å²) in [5, 5.41) is 0.970. The molecule has 6 nitrogen and oxygen atoms in total. The molecule has 0 unspecified atom stereocenters. The summed E-state index contributed by atoms with van der Waals surface area (Å²) in [5.74, 6) is 0. The third kappa shape index (κ3) is 4.84. The molecular weight excluding hydrogens is 300 g/mol. The number of piperazine rings is 1. The van der Waals surface area contributed by atoms with Crippen molar-refractivity contribution in [2.45, 2.75) is 37.9 Å². The second kappa shape index (κ2) is 7.28. The summed E-state index contributed by atoms with van der Waals surface area (Å²) < 4.78 is 5.41. The van der Waals surface area contributed by atoms with Crippen LogP contribution in [0.1, 0.15) is 26.5 Å². The minimum Gasteiger partial charge on any atom is -0.444 e. The molecule has 2 rings (SSSR count). The van der Waals surface area contributed by atoms with Crippen molar-refractivity contribution in [2.75, 3.05) is 32.4 Å². The highest BCUT2D eigenvalue weighted by Crippen LogP contribution is 2.18. The Morgan fingerprint density at radius 3 is 2.45 bits per heavy atom. The largest absolute Gasteiger partial charge is 0.444 e. The average molecular weight is 324 g/mol. The van der Waals surface area contributed by atoms with Gasteiger partial charge in [-0.25, -0.2) is 9.78 Å². The molecule has 0 bridgehead atoms. The molecule has 1 fully saturated rings. The van der Waals surface area contributed by atoms with Crippen LogP contribution in [0.15, 0.2) is 17.4 Å². The van der Waals surface area contributed by atoms with Crippen LogP contribution < -0.4 is 0 Å². The fraction of sp³-hybridized carbons (Fsp3) is 0.667. The number of carbonyl (C=O) groups is 1. The first-order valence-corrected chi connectivity index (χ1v) is 8.65. The number of aromatic nitrogens is 2. The Balaban J connectivity index is 1.86. The van der Waals surface area contributed by atoms with Crippen LogP contribution in [0.25, 0.3) is 0 Å². The molecule has 1 aromatic rings. The molecule has 0 N–H and O–H groups in total. The van der Waals surface area contributed by atoms with E-state index in [-0.39, 0.29) is 6.09 Å². The molecule has 0 atom stereocenters. The Hall–Kier alpha value is -1.34. The summed E-state index contributed by atoms with van der Waals surface area (Å²) in [6.07, 6.45) is 5.23. The van der Waals surface area contributed by atoms with E-state index in [2.05, 4.69) is 14.9 Å². The molecule has 1 aliphatic rings. The van der Waals surface area contributed by atoms with Crippen molar-refractivity contribution in [1.82, 2.24) is 19.8 Å². The van der Waals surface area contributed by atoms with Gasteiger partial charge in [-0.1, -0.05) is 0 Å². The van der Waals surface area contributed by atoms with E-state index in [1.54, 1.807) is 29.1 Å². The predicted molar refractivity (Wildman–Crippen MR) is 86.9 cm³/mol. The van der Waals surface area contributed by atoms with Crippen LogP contribution >= 0.6 is 11.8 Å². The van der Waals surface area contributed by atoms with Gasteiger partial charge >= 0.3 is 6.09 Å². The van der Waals surface area contributed by atoms with E-state index in [1.807, 2.05) is 27.0 Å². The maximum absolute atomic E-state index is 12.0. The first-order chi connectivity index (χ1) is 10.4. The third-order valence-corrected chi connectivity index (χ3v) is 4.05. The molecule has 0 spiro atoms. The average Bonchev–Trinajstić information content (AvgIpc) is 2.47. The molecule has 0 aliphatic carbocycles. The Bertz CT molecular complexity index is 511. The molecule has 0 radical (unpaired) electrons. The quantitative estimate of drug-likeness (QED) is 0.795. The summed E-state index contributed by atoms with van der Waals surface area (Å²) in [7, 11) is 0. The number of hydrogen-bond donors (Lipinski definition) is 0. The highest BCUT2D eigenvalue weighted by molar-refractivity contribution is 7.98. The van der Waals surface area contributed by atoms with Crippen molar-refractivity contribution in [2.24, 2.45) is 0 Å². The van der Waals surface area contributed by atoms with Gasteiger partial charge in [0.05, 0.1) is 5.69 Å². The van der Waals surface area contributed by atoms with Crippen LogP contribution in [0.3, 0.4) is 0 Å². The highest BCUT2D eigenvalue weighted by atomic mass is 32.2. The molecule has 1 aromatic heterocycles. The molecular formula is C15H24N4O2S. The number of thioether (sulfide) groups is 1. The first kappa shape index (κ1) is 17.0. The van der Waals surface area contributed by atoms with Crippen molar-refractivity contribution < 1.29 is 9.53 Å². The normalized spacial score (nSPS) is 16.6. The zero-order chi connectivity index (χ0) is 16.2. The second-order valence-electron chi connectivity index (χ2n) is 6.26. The molecule has 2 heterocycles. The molecule has 1 amide bonds. The van der Waals surface area contributed by atoms with E-state index in [1.165, 1.54) is 0 Å². The number of nitrogens with zero attached hydrogens (tertiary/aromatic N) is 4. The fourth-order valence-corrected chi connectivity index (χ4v) is 2.78. The number of ether oxygens (including phenoxy) is 1. The van der Waals surface area contributed by atoms with Crippen LogP contribution in [0.4, 0.5) is 4.79 Å². The monoisotopic (exact) mass is 324 g/mol. The second-order valence-corrected chi connectivity index (χ2v) is 7.05. The van der Waals surface area contributed by atoms with E-state index < -0.39 is 5.60 Å². The lowest BCUT2D eigenvalue weighted by molar-refractivity contribution is 0.0137. The minimum absolute atomic E-state index is 0.226. The Morgan fingerprint density at radius 1 is 1.23 bits per heavy atom. The van der Waals surface area contributed by atoms with Gasteiger partial charge in [-0.15, -0.1) is 11.8 Å². The van der Waals surface area contributed by atoms with Gasteiger partial charge < -0.3 is 9.64 Å². The summed E-state index contributed by atoms with van der Waals surface area (Å²) in [5.41, 5.74) is 0.557. The lowest BCUT2D eigenvalue weighted by atomic mass is 10.2. The molecule has 122 valence electrons. The molecule has 0 aromatic carbocycles. The summed E-state index contributed by atoms with van der Waals surface area (Å²) in [6, 6.07) is 0. The summed E-state index contributed by atoms with van der Waals surface area (Å²) in [6.45, 7) is 9.45. The van der Waals surface area contributed by atoms with Crippen molar-refractivity contribution in [1.29, 1.82) is 0 Å². The van der Waals surface area contributed by atoms with Gasteiger partial charge in [0.1, 0.15) is 10.6 Å². The standard InChI is InChI=1S/C15H24N4O2S/c1-15(2,3)21-14(20)19-9-7-18(8-10-19)11-12-13(22-4)17-6-5-16-12/h5-6H,7-11H2,1-4H3. The summed E-state index contributed by atoms with van der Waals surface area (Å²) in [4.78, 5) is 24.9. The maximum atomic E-state index is 12.0. The highest BCUT2D eigenvalue weighted by Gasteiger charge is 2.26. The van der Waals surface area contributed by atoms with Gasteiger partial charge in [0.25, 0.3) is 0 Å². The Morgan fingerprint density at radius 2 is 1.86 bits per heavy atom. The third-order valence-electron chi connectivity index (χ3n) is 3.33. The number of hydrogen-bond acceptors (Lipinski definition) is 6. The lowest BCUT2D eigenvalue weighted by Crippen LogP contribution is -2.49. The van der Waals surface area contributed by atoms with E-state index in [9.17, 15) is 4.79 Å². The zero-order valence-corrected chi connectivity index (χ0v) is 14.5. The zero-order valence-electron chi connectivity index (χ0n) is 13.7. The van der Waals surface area contributed by atoms with E-state index >= 15 is 0 Å². The molecule has 22 heavy (non-hydrogen) atoms. The van der Waals surface area contributed by atoms with Crippen molar-refractivity contribution in [3.8, 4) is 0 Å². The smallest absolute Gasteiger partial charge is 0.410 e. The molecule has 1 aliphatic heterocycles. The van der Waals surface area contributed by atoms with Gasteiger partial charge in [-0.3, -0.25) is 9.88 Å². The minimum atomic E-state index is -0.443. The number of rotatable bonds is 3. The SMILES string of the molecule is CSc1nccnc1CN1CCN(C(=O)OC(C)(C)C)CC1. The van der Waals surface area contributed by atoms with Crippen LogP contribution in [0.2, 0.25) is 0 Å². The van der Waals surface area contributed by atoms with Gasteiger partial charge in [0.2, 0.25) is 0 Å². The van der Waals surface area contributed by atoms with Gasteiger partial charge in [-0.2, -0.15) is 0 Å². The van der Waals surface area contributed by atoms with Crippen molar-refractivity contribution in [3.05, 3.63) is 18.1 Å². The van der Waals surface area contributed by atoms with Crippen LogP contribution in [0.5, 0.6) is 0 Å². The number of amides is 1. The topological polar surface area (TPSA) is 58.6 Å². The van der Waals surface area contributed by atoms with Gasteiger partial charge in [0, 0.05) is 45.1 Å². The van der Waals surface area contributed by atoms with Crippen LogP contribution in [-0.2, 0) is 11.3 Å². The fourth-order valence-electron chi connectivity index (χ4n) is 2.26. The van der Waals surface area contributed by atoms with Gasteiger partial charge in [0.15, 0.2) is 0 Å². The Kier molecular flexibility index (Phi) is 5.63. The molecule has 7 heteroatoms. The lowest BCUT2D eigenvalue weighted by Gasteiger charge is -2.35. The van der Waals surface area contributed by atoms with E-state index in [0.717, 1.165) is 30.4 Å². The van der Waals surface area contributed by atoms with Crippen molar-refractivity contribution >= 4 is 17.9 Å². The number of carbonyl (C=O) groups excluding carboxylic acids is 1. The predicted octanol–water partition coefficient (Wildman–Crippen LogP) is 2.25. The van der Waals surface area contributed by atoms with Crippen LogP contribution in [0, 0.1) is 0 Å². The van der Waals surface area contributed by atoms with Crippen molar-refractivity contribution in [3.63, 3.8) is 0 Å². The van der Waals surface area contributed by atoms with Crippen LogP contribution in [-0.4, -0.2) is 63.9 Å². The van der Waals surface area contributed by atoms with E-state index in [4.69, 9.17) is 4.74 Å².